The number of ether oxygens (including phenoxy) is 3. The van der Waals surface area contributed by atoms with Crippen LogP contribution >= 0.6 is 0 Å². The fraction of sp³-hybridized carbons (Fsp3) is 0.125. The quantitative estimate of drug-likeness (QED) is 0.468. The number of anilines is 1. The van der Waals surface area contributed by atoms with Gasteiger partial charge in [0.15, 0.2) is 0 Å². The zero-order valence-electron chi connectivity index (χ0n) is 16.9. The maximum Gasteiger partial charge on any atom is 0.260 e. The number of carbonyl (C=O) groups excluding carboxylic acids is 1. The van der Waals surface area contributed by atoms with Crippen LogP contribution < -0.4 is 19.5 Å². The van der Waals surface area contributed by atoms with Gasteiger partial charge in [0.1, 0.15) is 28.6 Å². The Morgan fingerprint density at radius 1 is 0.833 bits per heavy atom. The van der Waals surface area contributed by atoms with Crippen LogP contribution in [0.1, 0.15) is 10.4 Å². The van der Waals surface area contributed by atoms with Crippen molar-refractivity contribution in [1.82, 2.24) is 0 Å². The lowest BCUT2D eigenvalue weighted by molar-refractivity contribution is 0.102. The summed E-state index contributed by atoms with van der Waals surface area (Å²) < 4.78 is 22.0. The normalized spacial score (nSPS) is 10.6. The number of nitrogens with one attached hydrogen (secondary N) is 1. The fourth-order valence-electron chi connectivity index (χ4n) is 3.31. The van der Waals surface area contributed by atoms with Crippen LogP contribution in [0.4, 0.5) is 5.69 Å². The molecule has 1 amide bonds. The number of rotatable bonds is 6. The molecular formula is C24H21NO5. The molecule has 1 heterocycles. The number of carbonyl (C=O) groups is 1. The minimum atomic E-state index is -0.308. The third kappa shape index (κ3) is 3.55. The third-order valence-electron chi connectivity index (χ3n) is 4.83. The second kappa shape index (κ2) is 8.21. The lowest BCUT2D eigenvalue weighted by Gasteiger charge is -2.10. The molecule has 0 atom stereocenters. The van der Waals surface area contributed by atoms with Crippen LogP contribution in [0.2, 0.25) is 0 Å². The van der Waals surface area contributed by atoms with E-state index in [1.54, 1.807) is 51.7 Å². The number of para-hydroxylation sites is 2. The Morgan fingerprint density at radius 3 is 2.23 bits per heavy atom. The van der Waals surface area contributed by atoms with E-state index in [0.717, 1.165) is 11.3 Å². The SMILES string of the molecule is COc1ccc(-c2oc3ccc(OC)cc3c2C(=O)Nc2ccccc2OC)cc1. The number of hydrogen-bond donors (Lipinski definition) is 1. The van der Waals surface area contributed by atoms with Gasteiger partial charge in [-0.3, -0.25) is 4.79 Å². The van der Waals surface area contributed by atoms with Crippen molar-refractivity contribution in [3.05, 3.63) is 72.3 Å². The van der Waals surface area contributed by atoms with E-state index in [2.05, 4.69) is 5.32 Å². The molecule has 0 aliphatic heterocycles. The first kappa shape index (κ1) is 19.4. The number of fused-ring (bicyclic) bond motifs is 1. The fourth-order valence-corrected chi connectivity index (χ4v) is 3.31. The number of methoxy groups -OCH3 is 3. The highest BCUT2D eigenvalue weighted by molar-refractivity contribution is 6.17. The van der Waals surface area contributed by atoms with E-state index in [0.29, 0.717) is 39.5 Å². The van der Waals surface area contributed by atoms with Crippen LogP contribution in [0.25, 0.3) is 22.3 Å². The molecule has 0 spiro atoms. The minimum Gasteiger partial charge on any atom is -0.497 e. The van der Waals surface area contributed by atoms with Crippen molar-refractivity contribution in [2.24, 2.45) is 0 Å². The Hall–Kier alpha value is -3.93. The van der Waals surface area contributed by atoms with Gasteiger partial charge in [0.25, 0.3) is 5.91 Å². The monoisotopic (exact) mass is 403 g/mol. The molecule has 3 aromatic carbocycles. The zero-order valence-corrected chi connectivity index (χ0v) is 16.9. The summed E-state index contributed by atoms with van der Waals surface area (Å²) in [6, 6.07) is 20.0. The van der Waals surface area contributed by atoms with Gasteiger partial charge >= 0.3 is 0 Å². The second-order valence-corrected chi connectivity index (χ2v) is 6.55. The Balaban J connectivity index is 1.85. The lowest BCUT2D eigenvalue weighted by atomic mass is 10.0. The van der Waals surface area contributed by atoms with E-state index in [1.165, 1.54) is 0 Å². The van der Waals surface area contributed by atoms with E-state index in [1.807, 2.05) is 36.4 Å². The van der Waals surface area contributed by atoms with Gasteiger partial charge in [-0.15, -0.1) is 0 Å². The first-order valence-electron chi connectivity index (χ1n) is 9.34. The molecule has 0 aliphatic rings. The summed E-state index contributed by atoms with van der Waals surface area (Å²) in [4.78, 5) is 13.4. The summed E-state index contributed by atoms with van der Waals surface area (Å²) in [6.45, 7) is 0. The van der Waals surface area contributed by atoms with Crippen molar-refractivity contribution in [2.45, 2.75) is 0 Å². The molecule has 4 rings (SSSR count). The van der Waals surface area contributed by atoms with Crippen molar-refractivity contribution >= 4 is 22.6 Å². The molecule has 0 saturated carbocycles. The summed E-state index contributed by atoms with van der Waals surface area (Å²) in [6.07, 6.45) is 0. The zero-order chi connectivity index (χ0) is 21.1. The van der Waals surface area contributed by atoms with E-state index >= 15 is 0 Å². The summed E-state index contributed by atoms with van der Waals surface area (Å²) in [5.74, 6) is 2.08. The van der Waals surface area contributed by atoms with Crippen LogP contribution in [0.15, 0.2) is 71.1 Å². The van der Waals surface area contributed by atoms with E-state index in [4.69, 9.17) is 18.6 Å². The highest BCUT2D eigenvalue weighted by atomic mass is 16.5. The van der Waals surface area contributed by atoms with E-state index in [-0.39, 0.29) is 5.91 Å². The molecule has 0 bridgehead atoms. The lowest BCUT2D eigenvalue weighted by Crippen LogP contribution is -2.13. The molecule has 0 unspecified atom stereocenters. The highest BCUT2D eigenvalue weighted by Gasteiger charge is 2.23. The second-order valence-electron chi connectivity index (χ2n) is 6.55. The van der Waals surface area contributed by atoms with E-state index < -0.39 is 0 Å². The van der Waals surface area contributed by atoms with Crippen molar-refractivity contribution < 1.29 is 23.4 Å². The molecule has 1 aromatic heterocycles. The van der Waals surface area contributed by atoms with Crippen molar-refractivity contribution in [3.63, 3.8) is 0 Å². The maximum atomic E-state index is 13.4. The number of benzene rings is 3. The van der Waals surface area contributed by atoms with Gasteiger partial charge in [-0.1, -0.05) is 12.1 Å². The predicted molar refractivity (Wildman–Crippen MR) is 116 cm³/mol. The minimum absolute atomic E-state index is 0.308. The van der Waals surface area contributed by atoms with E-state index in [9.17, 15) is 4.79 Å². The van der Waals surface area contributed by atoms with Crippen LogP contribution in [-0.2, 0) is 0 Å². The number of furan rings is 1. The summed E-state index contributed by atoms with van der Waals surface area (Å²) >= 11 is 0. The molecule has 152 valence electrons. The number of hydrogen-bond acceptors (Lipinski definition) is 5. The molecule has 30 heavy (non-hydrogen) atoms. The topological polar surface area (TPSA) is 69.9 Å². The molecule has 0 fully saturated rings. The largest absolute Gasteiger partial charge is 0.497 e. The molecule has 6 heteroatoms. The molecule has 0 radical (unpaired) electrons. The average Bonchev–Trinajstić information content (AvgIpc) is 3.18. The van der Waals surface area contributed by atoms with Crippen molar-refractivity contribution in [2.75, 3.05) is 26.6 Å². The van der Waals surface area contributed by atoms with Gasteiger partial charge in [0, 0.05) is 10.9 Å². The molecule has 6 nitrogen and oxygen atoms in total. The van der Waals surface area contributed by atoms with Crippen LogP contribution in [0.3, 0.4) is 0 Å². The van der Waals surface area contributed by atoms with Gasteiger partial charge in [-0.2, -0.15) is 0 Å². The Morgan fingerprint density at radius 2 is 1.53 bits per heavy atom. The van der Waals surface area contributed by atoms with Gasteiger partial charge in [0.05, 0.1) is 32.6 Å². The summed E-state index contributed by atoms with van der Waals surface area (Å²) in [5, 5.41) is 3.60. The third-order valence-corrected chi connectivity index (χ3v) is 4.83. The van der Waals surface area contributed by atoms with Crippen molar-refractivity contribution in [1.29, 1.82) is 0 Å². The molecule has 4 aromatic rings. The van der Waals surface area contributed by atoms with Gasteiger partial charge in [-0.25, -0.2) is 0 Å². The Labute approximate surface area is 174 Å². The standard InChI is InChI=1S/C24H21NO5/c1-27-16-10-8-15(9-11-16)23-22(18-14-17(28-2)12-13-20(18)30-23)24(26)25-19-6-4-5-7-21(19)29-3/h4-14H,1-3H3,(H,25,26). The van der Waals surface area contributed by atoms with Crippen molar-refractivity contribution in [3.8, 4) is 28.6 Å². The maximum absolute atomic E-state index is 13.4. The van der Waals surface area contributed by atoms with Gasteiger partial charge in [0.2, 0.25) is 0 Å². The molecule has 1 N–H and O–H groups in total. The highest BCUT2D eigenvalue weighted by Crippen LogP contribution is 2.37. The average molecular weight is 403 g/mol. The Kier molecular flexibility index (Phi) is 5.30. The van der Waals surface area contributed by atoms with Crippen LogP contribution in [-0.4, -0.2) is 27.2 Å². The molecule has 0 aliphatic carbocycles. The van der Waals surface area contributed by atoms with Gasteiger partial charge < -0.3 is 23.9 Å². The summed E-state index contributed by atoms with van der Waals surface area (Å²) in [5.41, 5.74) is 2.34. The summed E-state index contributed by atoms with van der Waals surface area (Å²) in [7, 11) is 4.75. The molecule has 0 saturated heterocycles. The number of amides is 1. The van der Waals surface area contributed by atoms with Crippen LogP contribution in [0, 0.1) is 0 Å². The smallest absolute Gasteiger partial charge is 0.260 e. The first-order chi connectivity index (χ1) is 14.6. The van der Waals surface area contributed by atoms with Gasteiger partial charge in [-0.05, 0) is 54.6 Å². The predicted octanol–water partition coefficient (Wildman–Crippen LogP) is 5.38. The molecular weight excluding hydrogens is 382 g/mol. The first-order valence-corrected chi connectivity index (χ1v) is 9.34. The van der Waals surface area contributed by atoms with Crippen LogP contribution in [0.5, 0.6) is 17.2 Å². The Bertz CT molecular complexity index is 1190.